The second-order valence-corrected chi connectivity index (χ2v) is 6.62. The van der Waals surface area contributed by atoms with Crippen molar-refractivity contribution in [2.24, 2.45) is 11.8 Å². The fourth-order valence-electron chi connectivity index (χ4n) is 4.18. The maximum absolute atomic E-state index is 3.64. The Hall–Kier alpha value is -0.0800. The minimum atomic E-state index is 0.250. The van der Waals surface area contributed by atoms with Crippen molar-refractivity contribution in [3.8, 4) is 0 Å². The van der Waals surface area contributed by atoms with E-state index in [1.807, 2.05) is 0 Å². The average Bonchev–Trinajstić information content (AvgIpc) is 2.30. The molecule has 1 N–H and O–H groups in total. The summed E-state index contributed by atoms with van der Waals surface area (Å²) in [6.45, 7) is 14.1. The maximum Gasteiger partial charge on any atom is 0.0308 e. The third-order valence-electron chi connectivity index (χ3n) is 5.10. The first-order valence-corrected chi connectivity index (χ1v) is 7.89. The Morgan fingerprint density at radius 1 is 1.22 bits per heavy atom. The van der Waals surface area contributed by atoms with E-state index in [-0.39, 0.29) is 5.54 Å². The van der Waals surface area contributed by atoms with E-state index in [1.165, 1.54) is 25.7 Å². The molecule has 0 aromatic heterocycles. The molecule has 3 atom stereocenters. The number of likely N-dealkylation sites (N-methyl/N-ethyl adjacent to an activating group) is 2. The third kappa shape index (κ3) is 3.48. The van der Waals surface area contributed by atoms with Crippen LogP contribution in [0.3, 0.4) is 0 Å². The molecule has 0 saturated heterocycles. The van der Waals surface area contributed by atoms with Crippen LogP contribution < -0.4 is 5.32 Å². The lowest BCUT2D eigenvalue weighted by Gasteiger charge is -2.48. The first-order chi connectivity index (χ1) is 8.47. The molecular weight excluding hydrogens is 220 g/mol. The molecule has 0 bridgehead atoms. The fourth-order valence-corrected chi connectivity index (χ4v) is 4.18. The summed E-state index contributed by atoms with van der Waals surface area (Å²) in [4.78, 5) is 2.60. The molecule has 1 saturated carbocycles. The number of nitrogens with one attached hydrogen (secondary N) is 1. The highest BCUT2D eigenvalue weighted by Gasteiger charge is 2.39. The summed E-state index contributed by atoms with van der Waals surface area (Å²) in [5, 5.41) is 3.64. The topological polar surface area (TPSA) is 15.3 Å². The zero-order valence-corrected chi connectivity index (χ0v) is 13.4. The molecule has 1 aliphatic carbocycles. The van der Waals surface area contributed by atoms with Gasteiger partial charge in [-0.3, -0.25) is 4.90 Å². The van der Waals surface area contributed by atoms with Crippen LogP contribution in [0, 0.1) is 11.8 Å². The van der Waals surface area contributed by atoms with Crippen molar-refractivity contribution in [2.75, 3.05) is 20.1 Å². The Morgan fingerprint density at radius 3 is 2.28 bits per heavy atom. The van der Waals surface area contributed by atoms with Gasteiger partial charge in [-0.2, -0.15) is 0 Å². The van der Waals surface area contributed by atoms with Gasteiger partial charge in [0.05, 0.1) is 0 Å². The highest BCUT2D eigenvalue weighted by atomic mass is 15.2. The lowest BCUT2D eigenvalue weighted by molar-refractivity contribution is 0.0519. The van der Waals surface area contributed by atoms with Gasteiger partial charge < -0.3 is 5.32 Å². The van der Waals surface area contributed by atoms with E-state index in [4.69, 9.17) is 0 Å². The van der Waals surface area contributed by atoms with E-state index in [0.717, 1.165) is 24.9 Å². The van der Waals surface area contributed by atoms with Gasteiger partial charge >= 0.3 is 0 Å². The van der Waals surface area contributed by atoms with Crippen molar-refractivity contribution < 1.29 is 0 Å². The van der Waals surface area contributed by atoms with E-state index in [0.29, 0.717) is 6.04 Å². The normalized spacial score (nSPS) is 27.5. The Balaban J connectivity index is 2.80. The average molecular weight is 254 g/mol. The molecule has 0 heterocycles. The Labute approximate surface area is 115 Å². The first-order valence-electron chi connectivity index (χ1n) is 7.89. The molecule has 0 radical (unpaired) electrons. The summed E-state index contributed by atoms with van der Waals surface area (Å²) >= 11 is 0. The van der Waals surface area contributed by atoms with Crippen molar-refractivity contribution in [1.82, 2.24) is 10.2 Å². The summed E-state index contributed by atoms with van der Waals surface area (Å²) in [5.74, 6) is 1.75. The minimum absolute atomic E-state index is 0.250. The molecule has 3 unspecified atom stereocenters. The largest absolute Gasteiger partial charge is 0.315 e. The summed E-state index contributed by atoms with van der Waals surface area (Å²) in [6.07, 6.45) is 5.65. The number of rotatable bonds is 6. The first kappa shape index (κ1) is 16.0. The number of nitrogens with zero attached hydrogens (tertiary/aromatic N) is 1. The quantitative estimate of drug-likeness (QED) is 0.780. The van der Waals surface area contributed by atoms with Crippen LogP contribution in [0.2, 0.25) is 0 Å². The predicted octanol–water partition coefficient (Wildman–Crippen LogP) is 3.52. The Bertz CT molecular complexity index is 233. The summed E-state index contributed by atoms with van der Waals surface area (Å²) in [6, 6.07) is 0.611. The van der Waals surface area contributed by atoms with Crippen molar-refractivity contribution >= 4 is 0 Å². The van der Waals surface area contributed by atoms with Gasteiger partial charge in [-0.15, -0.1) is 0 Å². The van der Waals surface area contributed by atoms with Gasteiger partial charge in [-0.1, -0.05) is 33.6 Å². The molecule has 2 nitrogen and oxygen atoms in total. The molecule has 1 rings (SSSR count). The zero-order valence-electron chi connectivity index (χ0n) is 13.4. The maximum atomic E-state index is 3.64. The molecule has 0 aromatic carbocycles. The standard InChI is InChI=1S/C16H34N2/c1-7-18(8-2)16(4,5)15(17-6)14-11-9-10-13(3)12-14/h13-15,17H,7-12H2,1-6H3. The number of hydrogen-bond donors (Lipinski definition) is 1. The van der Waals surface area contributed by atoms with Crippen LogP contribution in [0.5, 0.6) is 0 Å². The zero-order chi connectivity index (χ0) is 13.8. The van der Waals surface area contributed by atoms with E-state index >= 15 is 0 Å². The SMILES string of the molecule is CCN(CC)C(C)(C)C(NC)C1CCCC(C)C1. The van der Waals surface area contributed by atoms with Gasteiger partial charge in [0.1, 0.15) is 0 Å². The van der Waals surface area contributed by atoms with Gasteiger partial charge in [0.25, 0.3) is 0 Å². The second-order valence-electron chi connectivity index (χ2n) is 6.62. The Kier molecular flexibility index (Phi) is 6.13. The van der Waals surface area contributed by atoms with Crippen LogP contribution in [0.25, 0.3) is 0 Å². The van der Waals surface area contributed by atoms with Gasteiger partial charge in [0.2, 0.25) is 0 Å². The molecule has 108 valence electrons. The monoisotopic (exact) mass is 254 g/mol. The summed E-state index contributed by atoms with van der Waals surface area (Å²) in [7, 11) is 2.15. The third-order valence-corrected chi connectivity index (χ3v) is 5.10. The number of hydrogen-bond acceptors (Lipinski definition) is 2. The van der Waals surface area contributed by atoms with Crippen molar-refractivity contribution in [2.45, 2.75) is 71.9 Å². The van der Waals surface area contributed by atoms with Crippen LogP contribution in [-0.4, -0.2) is 36.6 Å². The van der Waals surface area contributed by atoms with E-state index in [1.54, 1.807) is 0 Å². The second kappa shape index (κ2) is 6.91. The smallest absolute Gasteiger partial charge is 0.0308 e. The van der Waals surface area contributed by atoms with E-state index < -0.39 is 0 Å². The molecule has 18 heavy (non-hydrogen) atoms. The van der Waals surface area contributed by atoms with E-state index in [2.05, 4.69) is 51.9 Å². The summed E-state index contributed by atoms with van der Waals surface area (Å²) in [5.41, 5.74) is 0.250. The molecule has 0 amide bonds. The lowest BCUT2D eigenvalue weighted by Crippen LogP contribution is -2.60. The highest BCUT2D eigenvalue weighted by Crippen LogP contribution is 2.35. The van der Waals surface area contributed by atoms with Crippen molar-refractivity contribution in [1.29, 1.82) is 0 Å². The van der Waals surface area contributed by atoms with Crippen LogP contribution in [0.4, 0.5) is 0 Å². The van der Waals surface area contributed by atoms with Gasteiger partial charge in [0.15, 0.2) is 0 Å². The highest BCUT2D eigenvalue weighted by molar-refractivity contribution is 4.97. The minimum Gasteiger partial charge on any atom is -0.315 e. The molecular formula is C16H34N2. The lowest BCUT2D eigenvalue weighted by atomic mass is 9.72. The molecule has 1 fully saturated rings. The van der Waals surface area contributed by atoms with Crippen LogP contribution in [0.15, 0.2) is 0 Å². The van der Waals surface area contributed by atoms with Gasteiger partial charge in [-0.05, 0) is 58.7 Å². The fraction of sp³-hybridized carbons (Fsp3) is 1.00. The van der Waals surface area contributed by atoms with Crippen LogP contribution in [0.1, 0.15) is 60.3 Å². The molecule has 2 heteroatoms. The van der Waals surface area contributed by atoms with Crippen molar-refractivity contribution in [3.05, 3.63) is 0 Å². The molecule has 0 spiro atoms. The van der Waals surface area contributed by atoms with Crippen molar-refractivity contribution in [3.63, 3.8) is 0 Å². The van der Waals surface area contributed by atoms with E-state index in [9.17, 15) is 0 Å². The predicted molar refractivity (Wildman–Crippen MR) is 81.0 cm³/mol. The molecule has 1 aliphatic rings. The van der Waals surface area contributed by atoms with Gasteiger partial charge in [-0.25, -0.2) is 0 Å². The Morgan fingerprint density at radius 2 is 1.83 bits per heavy atom. The van der Waals surface area contributed by atoms with Crippen LogP contribution >= 0.6 is 0 Å². The molecule has 0 aromatic rings. The molecule has 0 aliphatic heterocycles. The van der Waals surface area contributed by atoms with Gasteiger partial charge in [0, 0.05) is 11.6 Å². The summed E-state index contributed by atoms with van der Waals surface area (Å²) < 4.78 is 0. The van der Waals surface area contributed by atoms with Crippen LogP contribution in [-0.2, 0) is 0 Å².